The zero-order valence-corrected chi connectivity index (χ0v) is 18.0. The summed E-state index contributed by atoms with van der Waals surface area (Å²) < 4.78 is 0. The van der Waals surface area contributed by atoms with Crippen molar-refractivity contribution in [3.63, 3.8) is 0 Å². The molecule has 0 amide bonds. The van der Waals surface area contributed by atoms with E-state index >= 15 is 0 Å². The standard InChI is InChI=1S/3C9H12/c3*1-3-9-6-4-5-8(2)7-9/h3*4-7H,3H2,1-2H3. The van der Waals surface area contributed by atoms with Gasteiger partial charge in [-0.3, -0.25) is 0 Å². The minimum absolute atomic E-state index is 1.14. The molecule has 3 rings (SSSR count). The Labute approximate surface area is 167 Å². The molecule has 144 valence electrons. The SMILES string of the molecule is CCc1cccc(C)c1.CCc1cccc(C)c1.CCc1cccc(C)c1. The summed E-state index contributed by atoms with van der Waals surface area (Å²) in [7, 11) is 0. The van der Waals surface area contributed by atoms with Gasteiger partial charge in [0, 0.05) is 0 Å². The second kappa shape index (κ2) is 12.9. The van der Waals surface area contributed by atoms with Gasteiger partial charge in [-0.1, -0.05) is 110 Å². The van der Waals surface area contributed by atoms with Crippen LogP contribution < -0.4 is 0 Å². The molecule has 0 radical (unpaired) electrons. The predicted molar refractivity (Wildman–Crippen MR) is 122 cm³/mol. The van der Waals surface area contributed by atoms with Crippen LogP contribution in [0.25, 0.3) is 0 Å². The minimum atomic E-state index is 1.14. The average molecular weight is 361 g/mol. The lowest BCUT2D eigenvalue weighted by Gasteiger charge is -1.95. The van der Waals surface area contributed by atoms with Crippen LogP contribution in [0.2, 0.25) is 0 Å². The van der Waals surface area contributed by atoms with Gasteiger partial charge in [-0.15, -0.1) is 0 Å². The fraction of sp³-hybridized carbons (Fsp3) is 0.333. The Hall–Kier alpha value is -2.34. The Morgan fingerprint density at radius 3 is 0.852 bits per heavy atom. The third-order valence-corrected chi connectivity index (χ3v) is 4.47. The lowest BCUT2D eigenvalue weighted by atomic mass is 10.1. The van der Waals surface area contributed by atoms with E-state index in [1.807, 2.05) is 0 Å². The highest BCUT2D eigenvalue weighted by molar-refractivity contribution is 5.23. The van der Waals surface area contributed by atoms with Crippen molar-refractivity contribution in [2.24, 2.45) is 0 Å². The molecule has 0 spiro atoms. The maximum atomic E-state index is 2.22. The molecular weight excluding hydrogens is 324 g/mol. The highest BCUT2D eigenvalue weighted by atomic mass is 13.9. The fourth-order valence-electron chi connectivity index (χ4n) is 2.80. The van der Waals surface area contributed by atoms with E-state index in [0.717, 1.165) is 19.3 Å². The first kappa shape index (κ1) is 22.7. The van der Waals surface area contributed by atoms with E-state index in [2.05, 4.69) is 114 Å². The summed E-state index contributed by atoms with van der Waals surface area (Å²) >= 11 is 0. The van der Waals surface area contributed by atoms with E-state index < -0.39 is 0 Å². The summed E-state index contributed by atoms with van der Waals surface area (Å²) in [5, 5.41) is 0. The van der Waals surface area contributed by atoms with Crippen molar-refractivity contribution in [3.05, 3.63) is 106 Å². The first-order chi connectivity index (χ1) is 13.0. The highest BCUT2D eigenvalue weighted by Crippen LogP contribution is 2.04. The molecule has 0 aliphatic rings. The van der Waals surface area contributed by atoms with Crippen LogP contribution in [0, 0.1) is 20.8 Å². The molecule has 0 nitrogen and oxygen atoms in total. The van der Waals surface area contributed by atoms with E-state index in [0.29, 0.717) is 0 Å². The number of hydrogen-bond acceptors (Lipinski definition) is 0. The Bertz CT molecular complexity index is 675. The van der Waals surface area contributed by atoms with Crippen LogP contribution in [0.5, 0.6) is 0 Å². The summed E-state index contributed by atoms with van der Waals surface area (Å²) in [4.78, 5) is 0. The molecule has 0 aliphatic carbocycles. The van der Waals surface area contributed by atoms with Crippen LogP contribution in [0.1, 0.15) is 54.2 Å². The predicted octanol–water partition coefficient (Wildman–Crippen LogP) is 7.67. The average Bonchev–Trinajstić information content (AvgIpc) is 2.69. The van der Waals surface area contributed by atoms with Crippen LogP contribution >= 0.6 is 0 Å². The van der Waals surface area contributed by atoms with Crippen molar-refractivity contribution in [3.8, 4) is 0 Å². The second-order valence-electron chi connectivity index (χ2n) is 7.03. The van der Waals surface area contributed by atoms with Gasteiger partial charge in [0.2, 0.25) is 0 Å². The normalized spacial score (nSPS) is 9.56. The fourth-order valence-corrected chi connectivity index (χ4v) is 2.80. The van der Waals surface area contributed by atoms with Crippen molar-refractivity contribution >= 4 is 0 Å². The molecule has 0 fully saturated rings. The quantitative estimate of drug-likeness (QED) is 0.449. The molecule has 27 heavy (non-hydrogen) atoms. The van der Waals surface area contributed by atoms with Gasteiger partial charge in [-0.05, 0) is 56.7 Å². The van der Waals surface area contributed by atoms with E-state index in [4.69, 9.17) is 0 Å². The first-order valence-corrected chi connectivity index (χ1v) is 10.1. The molecule has 0 saturated heterocycles. The van der Waals surface area contributed by atoms with E-state index in [1.54, 1.807) is 0 Å². The number of aryl methyl sites for hydroxylation is 6. The van der Waals surface area contributed by atoms with Gasteiger partial charge in [0.1, 0.15) is 0 Å². The molecular formula is C27H36. The van der Waals surface area contributed by atoms with Crippen LogP contribution in [0.4, 0.5) is 0 Å². The first-order valence-electron chi connectivity index (χ1n) is 10.1. The summed E-state index contributed by atoms with van der Waals surface area (Å²) in [6.07, 6.45) is 3.42. The Morgan fingerprint density at radius 2 is 0.704 bits per heavy atom. The molecule has 3 aromatic carbocycles. The number of rotatable bonds is 3. The molecule has 0 heteroatoms. The molecule has 0 N–H and O–H groups in total. The summed E-state index contributed by atoms with van der Waals surface area (Å²) in [6.45, 7) is 12.9. The molecule has 0 aliphatic heterocycles. The molecule has 0 heterocycles. The van der Waals surface area contributed by atoms with Crippen LogP contribution in [0.15, 0.2) is 72.8 Å². The second-order valence-corrected chi connectivity index (χ2v) is 7.03. The Kier molecular flexibility index (Phi) is 10.9. The van der Waals surface area contributed by atoms with Gasteiger partial charge < -0.3 is 0 Å². The summed E-state index contributed by atoms with van der Waals surface area (Å²) in [6, 6.07) is 25.8. The summed E-state index contributed by atoms with van der Waals surface area (Å²) in [5.41, 5.74) is 8.35. The zero-order valence-electron chi connectivity index (χ0n) is 18.0. The topological polar surface area (TPSA) is 0 Å². The van der Waals surface area contributed by atoms with Crippen molar-refractivity contribution in [1.29, 1.82) is 0 Å². The lowest BCUT2D eigenvalue weighted by Crippen LogP contribution is -1.78. The molecule has 0 atom stereocenters. The molecule has 0 bridgehead atoms. The van der Waals surface area contributed by atoms with Crippen LogP contribution in [-0.4, -0.2) is 0 Å². The van der Waals surface area contributed by atoms with Crippen molar-refractivity contribution in [2.45, 2.75) is 60.8 Å². The van der Waals surface area contributed by atoms with Gasteiger partial charge >= 0.3 is 0 Å². The maximum Gasteiger partial charge on any atom is -0.0307 e. The van der Waals surface area contributed by atoms with Crippen molar-refractivity contribution in [2.75, 3.05) is 0 Å². The third kappa shape index (κ3) is 9.80. The van der Waals surface area contributed by atoms with Crippen molar-refractivity contribution in [1.82, 2.24) is 0 Å². The lowest BCUT2D eigenvalue weighted by molar-refractivity contribution is 1.13. The highest BCUT2D eigenvalue weighted by Gasteiger charge is 1.87. The van der Waals surface area contributed by atoms with E-state index in [1.165, 1.54) is 33.4 Å². The van der Waals surface area contributed by atoms with Gasteiger partial charge in [0.05, 0.1) is 0 Å². The molecule has 3 aromatic rings. The Balaban J connectivity index is 0.000000202. The van der Waals surface area contributed by atoms with Gasteiger partial charge in [0.25, 0.3) is 0 Å². The van der Waals surface area contributed by atoms with E-state index in [9.17, 15) is 0 Å². The monoisotopic (exact) mass is 360 g/mol. The molecule has 0 unspecified atom stereocenters. The molecule has 0 aromatic heterocycles. The third-order valence-electron chi connectivity index (χ3n) is 4.47. The largest absolute Gasteiger partial charge is 0.0617 e. The van der Waals surface area contributed by atoms with Crippen molar-refractivity contribution < 1.29 is 0 Å². The Morgan fingerprint density at radius 1 is 0.444 bits per heavy atom. The number of hydrogen-bond donors (Lipinski definition) is 0. The van der Waals surface area contributed by atoms with Gasteiger partial charge in [-0.2, -0.15) is 0 Å². The number of benzene rings is 3. The van der Waals surface area contributed by atoms with Crippen LogP contribution in [0.3, 0.4) is 0 Å². The van der Waals surface area contributed by atoms with Gasteiger partial charge in [-0.25, -0.2) is 0 Å². The minimum Gasteiger partial charge on any atom is -0.0617 e. The maximum absolute atomic E-state index is 2.22. The van der Waals surface area contributed by atoms with E-state index in [-0.39, 0.29) is 0 Å². The van der Waals surface area contributed by atoms with Gasteiger partial charge in [0.15, 0.2) is 0 Å². The zero-order chi connectivity index (χ0) is 20.1. The van der Waals surface area contributed by atoms with Crippen LogP contribution in [-0.2, 0) is 19.3 Å². The summed E-state index contributed by atoms with van der Waals surface area (Å²) in [5.74, 6) is 0. The smallest absolute Gasteiger partial charge is 0.0307 e. The molecule has 0 saturated carbocycles.